The predicted octanol–water partition coefficient (Wildman–Crippen LogP) is 3.08. The van der Waals surface area contributed by atoms with Gasteiger partial charge in [-0.1, -0.05) is 20.8 Å². The molecular formula is C16H30O4. The van der Waals surface area contributed by atoms with Crippen LogP contribution in [0.25, 0.3) is 0 Å². The zero-order valence-electron chi connectivity index (χ0n) is 13.3. The lowest BCUT2D eigenvalue weighted by Gasteiger charge is -2.42. The molecule has 0 aliphatic heterocycles. The molecule has 0 amide bonds. The second-order valence-electron chi connectivity index (χ2n) is 7.24. The molecule has 1 aliphatic rings. The molecule has 0 heterocycles. The maximum Gasteiger partial charge on any atom is 0.309 e. The maximum absolute atomic E-state index is 11.7. The minimum absolute atomic E-state index is 0.230. The fourth-order valence-electron chi connectivity index (χ4n) is 3.31. The molecule has 0 aromatic carbocycles. The highest BCUT2D eigenvalue weighted by Gasteiger charge is 2.45. The number of aliphatic carboxylic acids is 1. The van der Waals surface area contributed by atoms with Gasteiger partial charge in [-0.2, -0.15) is 0 Å². The fourth-order valence-corrected chi connectivity index (χ4v) is 3.31. The van der Waals surface area contributed by atoms with Crippen LogP contribution in [0.2, 0.25) is 0 Å². The predicted molar refractivity (Wildman–Crippen MR) is 78.6 cm³/mol. The molecule has 0 aromatic rings. The third-order valence-corrected chi connectivity index (χ3v) is 4.76. The van der Waals surface area contributed by atoms with Crippen LogP contribution in [0.4, 0.5) is 0 Å². The first-order chi connectivity index (χ1) is 9.21. The Hall–Kier alpha value is -0.610. The van der Waals surface area contributed by atoms with E-state index in [1.54, 1.807) is 0 Å². The molecular weight excluding hydrogens is 256 g/mol. The van der Waals surface area contributed by atoms with Crippen LogP contribution < -0.4 is 0 Å². The van der Waals surface area contributed by atoms with Crippen LogP contribution in [-0.2, 0) is 9.53 Å². The van der Waals surface area contributed by atoms with Gasteiger partial charge in [0.1, 0.15) is 0 Å². The average molecular weight is 286 g/mol. The molecule has 0 saturated heterocycles. The standard InChI is InChI=1S/C16H30O4/c1-5-20-11-13(17)10-16(14(18)19)8-6-12(7-9-16)15(2,3)4/h12-13,17H,5-11H2,1-4H3,(H,18,19). The Morgan fingerprint density at radius 1 is 1.35 bits per heavy atom. The summed E-state index contributed by atoms with van der Waals surface area (Å²) in [6.45, 7) is 9.30. The lowest BCUT2D eigenvalue weighted by molar-refractivity contribution is -0.155. The number of aliphatic hydroxyl groups excluding tert-OH is 1. The molecule has 1 saturated carbocycles. The summed E-state index contributed by atoms with van der Waals surface area (Å²) in [4.78, 5) is 11.7. The van der Waals surface area contributed by atoms with Crippen molar-refractivity contribution >= 4 is 5.97 Å². The summed E-state index contributed by atoms with van der Waals surface area (Å²) in [6.07, 6.45) is 2.80. The van der Waals surface area contributed by atoms with Gasteiger partial charge < -0.3 is 14.9 Å². The van der Waals surface area contributed by atoms with Crippen LogP contribution in [0.15, 0.2) is 0 Å². The molecule has 1 fully saturated rings. The smallest absolute Gasteiger partial charge is 0.309 e. The Balaban J connectivity index is 2.65. The number of rotatable bonds is 6. The van der Waals surface area contributed by atoms with Gasteiger partial charge in [0.2, 0.25) is 0 Å². The van der Waals surface area contributed by atoms with E-state index in [0.29, 0.717) is 31.8 Å². The van der Waals surface area contributed by atoms with Gasteiger partial charge in [-0.05, 0) is 50.4 Å². The quantitative estimate of drug-likeness (QED) is 0.787. The number of hydrogen-bond donors (Lipinski definition) is 2. The first-order valence-electron chi connectivity index (χ1n) is 7.70. The van der Waals surface area contributed by atoms with Gasteiger partial charge in [-0.3, -0.25) is 4.79 Å². The first kappa shape index (κ1) is 17.4. The van der Waals surface area contributed by atoms with Gasteiger partial charge in [0.05, 0.1) is 18.1 Å². The number of hydrogen-bond acceptors (Lipinski definition) is 3. The van der Waals surface area contributed by atoms with E-state index < -0.39 is 17.5 Å². The van der Waals surface area contributed by atoms with Crippen molar-refractivity contribution in [3.05, 3.63) is 0 Å². The Morgan fingerprint density at radius 3 is 2.30 bits per heavy atom. The molecule has 0 bridgehead atoms. The number of carboxylic acids is 1. The fraction of sp³-hybridized carbons (Fsp3) is 0.938. The second kappa shape index (κ2) is 6.90. The van der Waals surface area contributed by atoms with Crippen LogP contribution in [0.3, 0.4) is 0 Å². The summed E-state index contributed by atoms with van der Waals surface area (Å²) in [6, 6.07) is 0. The van der Waals surface area contributed by atoms with Crippen molar-refractivity contribution in [3.8, 4) is 0 Å². The van der Waals surface area contributed by atoms with Crippen molar-refractivity contribution in [2.45, 2.75) is 65.9 Å². The SMILES string of the molecule is CCOCC(O)CC1(C(=O)O)CCC(C(C)(C)C)CC1. The van der Waals surface area contributed by atoms with Crippen LogP contribution in [-0.4, -0.2) is 35.5 Å². The van der Waals surface area contributed by atoms with Gasteiger partial charge in [0, 0.05) is 6.61 Å². The van der Waals surface area contributed by atoms with Crippen LogP contribution in [0.1, 0.15) is 59.8 Å². The summed E-state index contributed by atoms with van der Waals surface area (Å²) in [5, 5.41) is 19.6. The van der Waals surface area contributed by atoms with Gasteiger partial charge in [0.15, 0.2) is 0 Å². The molecule has 4 nitrogen and oxygen atoms in total. The summed E-state index contributed by atoms with van der Waals surface area (Å²) >= 11 is 0. The highest BCUT2D eigenvalue weighted by atomic mass is 16.5. The number of aliphatic hydroxyl groups is 1. The Kier molecular flexibility index (Phi) is 6.02. The first-order valence-corrected chi connectivity index (χ1v) is 7.70. The largest absolute Gasteiger partial charge is 0.481 e. The molecule has 0 spiro atoms. The van der Waals surface area contributed by atoms with Crippen molar-refractivity contribution in [2.24, 2.45) is 16.7 Å². The molecule has 1 atom stereocenters. The van der Waals surface area contributed by atoms with Gasteiger partial charge in [-0.15, -0.1) is 0 Å². The highest BCUT2D eigenvalue weighted by molar-refractivity contribution is 5.74. The number of carbonyl (C=O) groups is 1. The van der Waals surface area contributed by atoms with Crippen molar-refractivity contribution in [1.29, 1.82) is 0 Å². The second-order valence-corrected chi connectivity index (χ2v) is 7.24. The molecule has 0 radical (unpaired) electrons. The van der Waals surface area contributed by atoms with Crippen molar-refractivity contribution < 1.29 is 19.7 Å². The van der Waals surface area contributed by atoms with E-state index in [1.807, 2.05) is 6.92 Å². The van der Waals surface area contributed by atoms with Gasteiger partial charge >= 0.3 is 5.97 Å². The molecule has 2 N–H and O–H groups in total. The normalized spacial score (nSPS) is 29.1. The Morgan fingerprint density at radius 2 is 1.90 bits per heavy atom. The summed E-state index contributed by atoms with van der Waals surface area (Å²) in [7, 11) is 0. The van der Waals surface area contributed by atoms with Gasteiger partial charge in [-0.25, -0.2) is 0 Å². The number of carboxylic acid groups (broad SMARTS) is 1. The zero-order valence-corrected chi connectivity index (χ0v) is 13.3. The maximum atomic E-state index is 11.7. The summed E-state index contributed by atoms with van der Waals surface area (Å²) in [5.41, 5.74) is -0.535. The minimum Gasteiger partial charge on any atom is -0.481 e. The molecule has 1 aliphatic carbocycles. The topological polar surface area (TPSA) is 66.8 Å². The molecule has 20 heavy (non-hydrogen) atoms. The average Bonchev–Trinajstić information content (AvgIpc) is 2.35. The van der Waals surface area contributed by atoms with Crippen molar-refractivity contribution in [3.63, 3.8) is 0 Å². The van der Waals surface area contributed by atoms with Crippen LogP contribution >= 0.6 is 0 Å². The van der Waals surface area contributed by atoms with E-state index in [0.717, 1.165) is 12.8 Å². The number of ether oxygens (including phenoxy) is 1. The van der Waals surface area contributed by atoms with E-state index in [-0.39, 0.29) is 12.0 Å². The molecule has 0 aromatic heterocycles. The van der Waals surface area contributed by atoms with Crippen LogP contribution in [0.5, 0.6) is 0 Å². The zero-order chi connectivity index (χ0) is 15.4. The third-order valence-electron chi connectivity index (χ3n) is 4.76. The summed E-state index contributed by atoms with van der Waals surface area (Å²) < 4.78 is 5.19. The summed E-state index contributed by atoms with van der Waals surface area (Å²) in [5.74, 6) is -0.195. The monoisotopic (exact) mass is 286 g/mol. The Labute approximate surface area is 122 Å². The lowest BCUT2D eigenvalue weighted by atomic mass is 9.62. The molecule has 1 unspecified atom stereocenters. The third kappa shape index (κ3) is 4.45. The van der Waals surface area contributed by atoms with E-state index in [1.165, 1.54) is 0 Å². The van der Waals surface area contributed by atoms with Crippen molar-refractivity contribution in [2.75, 3.05) is 13.2 Å². The van der Waals surface area contributed by atoms with E-state index in [9.17, 15) is 15.0 Å². The Bertz CT molecular complexity index is 311. The lowest BCUT2D eigenvalue weighted by Crippen LogP contribution is -2.41. The van der Waals surface area contributed by atoms with Crippen molar-refractivity contribution in [1.82, 2.24) is 0 Å². The van der Waals surface area contributed by atoms with Crippen LogP contribution in [0, 0.1) is 16.7 Å². The molecule has 4 heteroatoms. The minimum atomic E-state index is -0.766. The van der Waals surface area contributed by atoms with Gasteiger partial charge in [0.25, 0.3) is 0 Å². The van der Waals surface area contributed by atoms with E-state index in [4.69, 9.17) is 4.74 Å². The molecule has 118 valence electrons. The van der Waals surface area contributed by atoms with E-state index in [2.05, 4.69) is 20.8 Å². The molecule has 1 rings (SSSR count). The van der Waals surface area contributed by atoms with E-state index >= 15 is 0 Å². The highest BCUT2D eigenvalue weighted by Crippen LogP contribution is 2.47.